The molecule has 0 unspecified atom stereocenters. The summed E-state index contributed by atoms with van der Waals surface area (Å²) in [7, 11) is -4.86. The van der Waals surface area contributed by atoms with Gasteiger partial charge in [0.25, 0.3) is 0 Å². The van der Waals surface area contributed by atoms with Crippen molar-refractivity contribution in [3.63, 3.8) is 0 Å². The maximum Gasteiger partial charge on any atom is 0.527 e. The van der Waals surface area contributed by atoms with Crippen LogP contribution in [-0.2, 0) is 35.1 Å². The van der Waals surface area contributed by atoms with Gasteiger partial charge in [0, 0.05) is 18.9 Å². The molecule has 1 atom stereocenters. The van der Waals surface area contributed by atoms with E-state index in [1.54, 1.807) is 12.1 Å². The van der Waals surface area contributed by atoms with Crippen molar-refractivity contribution in [3.8, 4) is 5.75 Å². The summed E-state index contributed by atoms with van der Waals surface area (Å²) in [5.41, 5.74) is 3.58. The molecule has 0 bridgehead atoms. The minimum Gasteiger partial charge on any atom is -0.535 e. The first-order chi connectivity index (χ1) is 13.3. The Labute approximate surface area is 163 Å². The average molecular weight is 401 g/mol. The fraction of sp³-hybridized carbons (Fsp3) is 0.316. The van der Waals surface area contributed by atoms with Gasteiger partial charge >= 0.3 is 13.1 Å². The first kappa shape index (κ1) is 19.0. The average Bonchev–Trinajstić information content (AvgIpc) is 3.09. The Kier molecular flexibility index (Phi) is 4.90. The molecule has 0 spiro atoms. The zero-order chi connectivity index (χ0) is 19.9. The SMILES string of the molecule is O=C(O)c1cccc2c1OB(O)[C@@H](CS(=O)(=O)Cc1ccc3c(c1)CNC3)C2. The van der Waals surface area contributed by atoms with Crippen LogP contribution in [0.5, 0.6) is 5.75 Å². The molecular formula is C19H20BNO6S. The summed E-state index contributed by atoms with van der Waals surface area (Å²) >= 11 is 0. The van der Waals surface area contributed by atoms with E-state index in [0.717, 1.165) is 24.2 Å². The van der Waals surface area contributed by atoms with Crippen LogP contribution in [0.2, 0.25) is 5.82 Å². The molecule has 4 rings (SSSR count). The molecule has 0 fully saturated rings. The number of carboxylic acids is 1. The predicted octanol–water partition coefficient (Wildman–Crippen LogP) is 1.39. The first-order valence-corrected chi connectivity index (χ1v) is 10.9. The third-order valence-electron chi connectivity index (χ3n) is 5.21. The largest absolute Gasteiger partial charge is 0.535 e. The van der Waals surface area contributed by atoms with E-state index >= 15 is 0 Å². The van der Waals surface area contributed by atoms with E-state index in [0.29, 0.717) is 5.56 Å². The van der Waals surface area contributed by atoms with Crippen LogP contribution in [0.4, 0.5) is 0 Å². The number of aromatic carboxylic acids is 1. The number of hydrogen-bond donors (Lipinski definition) is 3. The van der Waals surface area contributed by atoms with Crippen molar-refractivity contribution in [1.82, 2.24) is 5.32 Å². The van der Waals surface area contributed by atoms with Crippen molar-refractivity contribution in [3.05, 3.63) is 64.2 Å². The number of carbonyl (C=O) groups is 1. The molecule has 3 N–H and O–H groups in total. The summed E-state index contributed by atoms with van der Waals surface area (Å²) in [6, 6.07) is 10.4. The Balaban J connectivity index is 1.50. The monoisotopic (exact) mass is 401 g/mol. The molecule has 2 heterocycles. The molecule has 146 valence electrons. The number of fused-ring (bicyclic) bond motifs is 2. The lowest BCUT2D eigenvalue weighted by atomic mass is 9.68. The second kappa shape index (κ2) is 7.23. The van der Waals surface area contributed by atoms with Gasteiger partial charge in [-0.15, -0.1) is 0 Å². The number of hydrogen-bond acceptors (Lipinski definition) is 6. The van der Waals surface area contributed by atoms with E-state index in [4.69, 9.17) is 4.65 Å². The van der Waals surface area contributed by atoms with Gasteiger partial charge in [-0.2, -0.15) is 0 Å². The smallest absolute Gasteiger partial charge is 0.527 e. The highest BCUT2D eigenvalue weighted by Crippen LogP contribution is 2.35. The Bertz CT molecular complexity index is 1040. The van der Waals surface area contributed by atoms with E-state index in [1.165, 1.54) is 11.6 Å². The predicted molar refractivity (Wildman–Crippen MR) is 104 cm³/mol. The van der Waals surface area contributed by atoms with Gasteiger partial charge in [-0.25, -0.2) is 13.2 Å². The van der Waals surface area contributed by atoms with E-state index in [-0.39, 0.29) is 29.2 Å². The zero-order valence-electron chi connectivity index (χ0n) is 15.1. The van der Waals surface area contributed by atoms with Gasteiger partial charge in [0.05, 0.1) is 17.1 Å². The third-order valence-corrected chi connectivity index (χ3v) is 6.92. The molecule has 28 heavy (non-hydrogen) atoms. The number of sulfone groups is 1. The second-order valence-corrected chi connectivity index (χ2v) is 9.44. The molecule has 0 amide bonds. The van der Waals surface area contributed by atoms with Crippen molar-refractivity contribution < 1.29 is 28.0 Å². The Morgan fingerprint density at radius 3 is 2.75 bits per heavy atom. The lowest BCUT2D eigenvalue weighted by molar-refractivity contribution is 0.0694. The van der Waals surface area contributed by atoms with Gasteiger partial charge in [0.2, 0.25) is 0 Å². The summed E-state index contributed by atoms with van der Waals surface area (Å²) in [6.07, 6.45) is 0.241. The van der Waals surface area contributed by atoms with E-state index in [9.17, 15) is 23.3 Å². The number of nitrogens with one attached hydrogen (secondary N) is 1. The van der Waals surface area contributed by atoms with Gasteiger partial charge in [0.15, 0.2) is 9.84 Å². The minimum atomic E-state index is -3.49. The summed E-state index contributed by atoms with van der Waals surface area (Å²) in [5.74, 6) is -2.03. The van der Waals surface area contributed by atoms with Crippen LogP contribution in [0.3, 0.4) is 0 Å². The van der Waals surface area contributed by atoms with Gasteiger partial charge in [0.1, 0.15) is 5.75 Å². The van der Waals surface area contributed by atoms with Crippen LogP contribution >= 0.6 is 0 Å². The maximum absolute atomic E-state index is 12.7. The fourth-order valence-electron chi connectivity index (χ4n) is 3.87. The summed E-state index contributed by atoms with van der Waals surface area (Å²) in [5, 5.41) is 22.8. The molecule has 2 aromatic carbocycles. The molecule has 0 aromatic heterocycles. The molecule has 2 aliphatic heterocycles. The molecule has 0 aliphatic carbocycles. The summed E-state index contributed by atoms with van der Waals surface area (Å²) in [6.45, 7) is 1.53. The molecule has 0 radical (unpaired) electrons. The Morgan fingerprint density at radius 2 is 1.96 bits per heavy atom. The van der Waals surface area contributed by atoms with Crippen LogP contribution < -0.4 is 9.97 Å². The van der Waals surface area contributed by atoms with Crippen LogP contribution in [0, 0.1) is 0 Å². The van der Waals surface area contributed by atoms with E-state index in [2.05, 4.69) is 5.32 Å². The quantitative estimate of drug-likeness (QED) is 0.649. The van der Waals surface area contributed by atoms with E-state index < -0.39 is 28.7 Å². The first-order valence-electron chi connectivity index (χ1n) is 9.04. The molecule has 0 saturated heterocycles. The zero-order valence-corrected chi connectivity index (χ0v) is 15.9. The van der Waals surface area contributed by atoms with Gasteiger partial charge in [-0.05, 0) is 34.7 Å². The van der Waals surface area contributed by atoms with Crippen LogP contribution in [0.15, 0.2) is 36.4 Å². The molecule has 2 aromatic rings. The summed E-state index contributed by atoms with van der Waals surface area (Å²) < 4.78 is 30.8. The molecular weight excluding hydrogens is 381 g/mol. The molecule has 2 aliphatic rings. The third kappa shape index (κ3) is 3.78. The van der Waals surface area contributed by atoms with Gasteiger partial charge in [-0.1, -0.05) is 30.3 Å². The highest BCUT2D eigenvalue weighted by molar-refractivity contribution is 7.90. The van der Waals surface area contributed by atoms with Crippen molar-refractivity contribution in [1.29, 1.82) is 0 Å². The van der Waals surface area contributed by atoms with Crippen molar-refractivity contribution in [2.45, 2.75) is 31.1 Å². The van der Waals surface area contributed by atoms with Crippen molar-refractivity contribution in [2.24, 2.45) is 0 Å². The fourth-order valence-corrected chi connectivity index (χ4v) is 5.61. The Morgan fingerprint density at radius 1 is 1.18 bits per heavy atom. The second-order valence-electron chi connectivity index (χ2n) is 7.33. The summed E-state index contributed by atoms with van der Waals surface area (Å²) in [4.78, 5) is 11.3. The molecule has 7 nitrogen and oxygen atoms in total. The normalized spacial score (nSPS) is 18.3. The lowest BCUT2D eigenvalue weighted by Gasteiger charge is -2.28. The van der Waals surface area contributed by atoms with Crippen LogP contribution in [0.25, 0.3) is 0 Å². The number of rotatable bonds is 5. The highest BCUT2D eigenvalue weighted by atomic mass is 32.2. The van der Waals surface area contributed by atoms with Crippen molar-refractivity contribution >= 4 is 22.9 Å². The molecule has 0 saturated carbocycles. The lowest BCUT2D eigenvalue weighted by Crippen LogP contribution is -2.38. The standard InChI is InChI=1S/C19H20BNO6S/c22-19(23)17-3-1-2-13-7-16(20(24)27-18(13)17)11-28(25,26)10-12-4-5-14-8-21-9-15(14)6-12/h1-6,16,21,24H,7-11H2,(H,22,23)/t16-/m1/s1. The topological polar surface area (TPSA) is 113 Å². The number of carboxylic acid groups (broad SMARTS) is 1. The highest BCUT2D eigenvalue weighted by Gasteiger charge is 2.39. The van der Waals surface area contributed by atoms with Crippen LogP contribution in [0.1, 0.15) is 32.6 Å². The van der Waals surface area contributed by atoms with E-state index in [1.807, 2.05) is 18.2 Å². The minimum absolute atomic E-state index is 0.0374. The number of para-hydroxylation sites is 1. The Hall–Kier alpha value is -2.36. The van der Waals surface area contributed by atoms with Crippen LogP contribution in [-0.4, -0.2) is 37.4 Å². The van der Waals surface area contributed by atoms with Gasteiger partial charge < -0.3 is 20.1 Å². The molecule has 9 heteroatoms. The van der Waals surface area contributed by atoms with Gasteiger partial charge in [-0.3, -0.25) is 0 Å². The van der Waals surface area contributed by atoms with Crippen molar-refractivity contribution in [2.75, 3.05) is 5.75 Å². The maximum atomic E-state index is 12.7. The number of benzene rings is 2.